The first-order valence-corrected chi connectivity index (χ1v) is 8.29. The number of carbonyl (C=O) groups is 1. The van der Waals surface area contributed by atoms with Crippen LogP contribution in [-0.2, 0) is 13.6 Å². The van der Waals surface area contributed by atoms with E-state index in [0.29, 0.717) is 5.56 Å². The van der Waals surface area contributed by atoms with Gasteiger partial charge in [0.25, 0.3) is 5.91 Å². The van der Waals surface area contributed by atoms with Gasteiger partial charge in [-0.15, -0.1) is 0 Å². The normalized spacial score (nSPS) is 19.4. The summed E-state index contributed by atoms with van der Waals surface area (Å²) in [6.07, 6.45) is 3.82. The molecule has 0 bridgehead atoms. The molecule has 6 heteroatoms. The quantitative estimate of drug-likeness (QED) is 0.919. The molecule has 1 amide bonds. The molecule has 0 aliphatic carbocycles. The van der Waals surface area contributed by atoms with Crippen LogP contribution in [0.5, 0.6) is 0 Å². The Labute approximate surface area is 143 Å². The van der Waals surface area contributed by atoms with Crippen molar-refractivity contribution < 1.29 is 4.79 Å². The molecule has 1 aromatic carbocycles. The van der Waals surface area contributed by atoms with Crippen molar-refractivity contribution in [1.82, 2.24) is 24.7 Å². The molecular formula is C18H25N5O. The highest BCUT2D eigenvalue weighted by atomic mass is 16.1. The van der Waals surface area contributed by atoms with Gasteiger partial charge in [0, 0.05) is 57.7 Å². The molecule has 24 heavy (non-hydrogen) atoms. The van der Waals surface area contributed by atoms with E-state index >= 15 is 0 Å². The predicted octanol–water partition coefficient (Wildman–Crippen LogP) is 1.27. The van der Waals surface area contributed by atoms with Gasteiger partial charge in [-0.25, -0.2) is 4.98 Å². The van der Waals surface area contributed by atoms with Gasteiger partial charge in [-0.3, -0.25) is 14.6 Å². The van der Waals surface area contributed by atoms with Gasteiger partial charge in [0.1, 0.15) is 5.82 Å². The number of nitrogens with zero attached hydrogens (tertiary/aromatic N) is 4. The number of amides is 1. The van der Waals surface area contributed by atoms with Crippen molar-refractivity contribution in [3.63, 3.8) is 0 Å². The van der Waals surface area contributed by atoms with Crippen LogP contribution in [0.4, 0.5) is 0 Å². The smallest absolute Gasteiger partial charge is 0.251 e. The van der Waals surface area contributed by atoms with E-state index < -0.39 is 0 Å². The van der Waals surface area contributed by atoms with Crippen molar-refractivity contribution in [3.05, 3.63) is 53.6 Å². The summed E-state index contributed by atoms with van der Waals surface area (Å²) >= 11 is 0. The SMILES string of the molecule is CNC(=O)c1cccc([C@H]2CN(Cc3nccn3C)CCN2C)c1. The summed E-state index contributed by atoms with van der Waals surface area (Å²) in [4.78, 5) is 21.1. The maximum Gasteiger partial charge on any atom is 0.251 e. The highest BCUT2D eigenvalue weighted by Crippen LogP contribution is 2.25. The number of carbonyl (C=O) groups excluding carboxylic acids is 1. The Hall–Kier alpha value is -2.18. The van der Waals surface area contributed by atoms with Crippen LogP contribution in [0.2, 0.25) is 0 Å². The lowest BCUT2D eigenvalue weighted by atomic mass is 10.00. The van der Waals surface area contributed by atoms with Crippen LogP contribution in [0.3, 0.4) is 0 Å². The largest absolute Gasteiger partial charge is 0.355 e. The van der Waals surface area contributed by atoms with Crippen LogP contribution in [0.1, 0.15) is 27.8 Å². The Morgan fingerprint density at radius 3 is 2.88 bits per heavy atom. The van der Waals surface area contributed by atoms with Crippen molar-refractivity contribution >= 4 is 5.91 Å². The fraction of sp³-hybridized carbons (Fsp3) is 0.444. The average molecular weight is 327 g/mol. The van der Waals surface area contributed by atoms with E-state index in [0.717, 1.165) is 32.0 Å². The van der Waals surface area contributed by atoms with Gasteiger partial charge in [-0.1, -0.05) is 12.1 Å². The van der Waals surface area contributed by atoms with Gasteiger partial charge in [0.2, 0.25) is 0 Å². The first-order chi connectivity index (χ1) is 11.6. The highest BCUT2D eigenvalue weighted by molar-refractivity contribution is 5.94. The Morgan fingerprint density at radius 2 is 2.17 bits per heavy atom. The van der Waals surface area contributed by atoms with Crippen molar-refractivity contribution in [1.29, 1.82) is 0 Å². The summed E-state index contributed by atoms with van der Waals surface area (Å²) in [5, 5.41) is 2.69. The lowest BCUT2D eigenvalue weighted by Gasteiger charge is -2.39. The zero-order chi connectivity index (χ0) is 17.1. The molecular weight excluding hydrogens is 302 g/mol. The number of hydrogen-bond donors (Lipinski definition) is 1. The van der Waals surface area contributed by atoms with E-state index in [4.69, 9.17) is 0 Å². The van der Waals surface area contributed by atoms with Crippen LogP contribution in [-0.4, -0.2) is 59.0 Å². The maximum atomic E-state index is 11.9. The monoisotopic (exact) mass is 327 g/mol. The first kappa shape index (κ1) is 16.7. The molecule has 1 aliphatic heterocycles. The Morgan fingerprint density at radius 1 is 1.33 bits per heavy atom. The van der Waals surface area contributed by atoms with Gasteiger partial charge >= 0.3 is 0 Å². The summed E-state index contributed by atoms with van der Waals surface area (Å²) in [6.45, 7) is 3.80. The number of piperazine rings is 1. The molecule has 1 saturated heterocycles. The second-order valence-electron chi connectivity index (χ2n) is 6.39. The summed E-state index contributed by atoms with van der Waals surface area (Å²) in [7, 11) is 5.84. The molecule has 1 atom stereocenters. The number of imidazole rings is 1. The molecule has 2 heterocycles. The number of hydrogen-bond acceptors (Lipinski definition) is 4. The van der Waals surface area contributed by atoms with E-state index in [-0.39, 0.29) is 11.9 Å². The molecule has 0 spiro atoms. The minimum absolute atomic E-state index is 0.0415. The minimum Gasteiger partial charge on any atom is -0.355 e. The van der Waals surface area contributed by atoms with Crippen LogP contribution >= 0.6 is 0 Å². The molecule has 1 N–H and O–H groups in total. The van der Waals surface area contributed by atoms with Crippen molar-refractivity contribution in [3.8, 4) is 0 Å². The molecule has 3 rings (SSSR count). The minimum atomic E-state index is -0.0415. The number of likely N-dealkylation sites (N-methyl/N-ethyl adjacent to an activating group) is 1. The van der Waals surface area contributed by atoms with Crippen LogP contribution in [0.15, 0.2) is 36.7 Å². The van der Waals surface area contributed by atoms with Gasteiger partial charge in [-0.2, -0.15) is 0 Å². The van der Waals surface area contributed by atoms with E-state index in [1.54, 1.807) is 7.05 Å². The Kier molecular flexibility index (Phi) is 4.97. The highest BCUT2D eigenvalue weighted by Gasteiger charge is 2.26. The number of aromatic nitrogens is 2. The van der Waals surface area contributed by atoms with Crippen LogP contribution in [0.25, 0.3) is 0 Å². The number of benzene rings is 1. The maximum absolute atomic E-state index is 11.9. The third-order valence-corrected chi connectivity index (χ3v) is 4.78. The fourth-order valence-corrected chi connectivity index (χ4v) is 3.21. The topological polar surface area (TPSA) is 53.4 Å². The second-order valence-corrected chi connectivity index (χ2v) is 6.39. The van der Waals surface area contributed by atoms with E-state index in [2.05, 4.69) is 37.8 Å². The van der Waals surface area contributed by atoms with Gasteiger partial charge in [0.05, 0.1) is 6.54 Å². The Balaban J connectivity index is 1.76. The molecule has 0 radical (unpaired) electrons. The summed E-state index contributed by atoms with van der Waals surface area (Å²) < 4.78 is 2.07. The van der Waals surface area contributed by atoms with E-state index in [1.807, 2.05) is 37.6 Å². The second kappa shape index (κ2) is 7.15. The third-order valence-electron chi connectivity index (χ3n) is 4.78. The van der Waals surface area contributed by atoms with Crippen LogP contribution in [0, 0.1) is 0 Å². The molecule has 1 aliphatic rings. The summed E-state index contributed by atoms with van der Waals surface area (Å²) in [5.74, 6) is 1.04. The van der Waals surface area contributed by atoms with Gasteiger partial charge in [0.15, 0.2) is 0 Å². The number of nitrogens with one attached hydrogen (secondary N) is 1. The standard InChI is InChI=1S/C18H25N5O/c1-19-18(24)15-6-4-5-14(11-15)16-12-23(10-9-21(16)2)13-17-20-7-8-22(17)3/h4-8,11,16H,9-10,12-13H2,1-3H3,(H,19,24)/t16-/m1/s1. The molecule has 0 saturated carbocycles. The summed E-state index contributed by atoms with van der Waals surface area (Å²) in [5.41, 5.74) is 1.90. The summed E-state index contributed by atoms with van der Waals surface area (Å²) in [6, 6.07) is 8.22. The lowest BCUT2D eigenvalue weighted by molar-refractivity contribution is 0.0877. The van der Waals surface area contributed by atoms with Crippen LogP contribution < -0.4 is 5.32 Å². The first-order valence-electron chi connectivity index (χ1n) is 8.29. The average Bonchev–Trinajstić information content (AvgIpc) is 3.00. The molecule has 1 fully saturated rings. The molecule has 2 aromatic rings. The number of aryl methyl sites for hydroxylation is 1. The van der Waals surface area contributed by atoms with E-state index in [1.165, 1.54) is 5.56 Å². The van der Waals surface area contributed by atoms with Crippen molar-refractivity contribution in [2.45, 2.75) is 12.6 Å². The Bertz CT molecular complexity index is 711. The molecule has 0 unspecified atom stereocenters. The molecule has 1 aromatic heterocycles. The number of rotatable bonds is 4. The molecule has 128 valence electrons. The van der Waals surface area contributed by atoms with Gasteiger partial charge in [-0.05, 0) is 24.7 Å². The molecule has 6 nitrogen and oxygen atoms in total. The van der Waals surface area contributed by atoms with Crippen molar-refractivity contribution in [2.75, 3.05) is 33.7 Å². The lowest BCUT2D eigenvalue weighted by Crippen LogP contribution is -2.46. The zero-order valence-corrected chi connectivity index (χ0v) is 14.6. The van der Waals surface area contributed by atoms with E-state index in [9.17, 15) is 4.79 Å². The third kappa shape index (κ3) is 3.49. The predicted molar refractivity (Wildman–Crippen MR) is 93.7 cm³/mol. The fourth-order valence-electron chi connectivity index (χ4n) is 3.21. The van der Waals surface area contributed by atoms with Gasteiger partial charge < -0.3 is 9.88 Å². The zero-order valence-electron chi connectivity index (χ0n) is 14.6. The van der Waals surface area contributed by atoms with Crippen molar-refractivity contribution in [2.24, 2.45) is 7.05 Å².